The van der Waals surface area contributed by atoms with Crippen LogP contribution in [0.3, 0.4) is 0 Å². The summed E-state index contributed by atoms with van der Waals surface area (Å²) in [4.78, 5) is 0. The van der Waals surface area contributed by atoms with Crippen LogP contribution in [0.2, 0.25) is 0 Å². The Morgan fingerprint density at radius 3 is 2.00 bits per heavy atom. The Morgan fingerprint density at radius 1 is 0.750 bits per heavy atom. The van der Waals surface area contributed by atoms with E-state index in [9.17, 15) is 0 Å². The lowest BCUT2D eigenvalue weighted by Crippen LogP contribution is -2.26. The van der Waals surface area contributed by atoms with Crippen LogP contribution in [0.15, 0.2) is 60.7 Å². The smallest absolute Gasteiger partial charge is 0.0205 e. The highest BCUT2D eigenvalue weighted by Crippen LogP contribution is 2.31. The lowest BCUT2D eigenvalue weighted by atomic mass is 9.83. The quantitative estimate of drug-likeness (QED) is 0.680. The fraction of sp³-hybridized carbons (Fsp3) is 0.455. The number of rotatable bonds is 8. The number of hydrogen-bond acceptors (Lipinski definition) is 2. The molecule has 0 bridgehead atoms. The van der Waals surface area contributed by atoms with Crippen LogP contribution in [0, 0.1) is 11.8 Å². The molecule has 1 saturated carbocycles. The molecular formula is C22H29NS. The molecule has 0 atom stereocenters. The van der Waals surface area contributed by atoms with Gasteiger partial charge in [0.2, 0.25) is 0 Å². The van der Waals surface area contributed by atoms with Gasteiger partial charge in [-0.2, -0.15) is 11.8 Å². The molecule has 0 amide bonds. The van der Waals surface area contributed by atoms with Crippen molar-refractivity contribution < 1.29 is 0 Å². The van der Waals surface area contributed by atoms with Gasteiger partial charge in [0.25, 0.3) is 0 Å². The van der Waals surface area contributed by atoms with E-state index < -0.39 is 0 Å². The van der Waals surface area contributed by atoms with E-state index in [1.54, 1.807) is 0 Å². The second-order valence-corrected chi connectivity index (χ2v) is 8.03. The van der Waals surface area contributed by atoms with Crippen LogP contribution in [-0.2, 0) is 12.3 Å². The monoisotopic (exact) mass is 339 g/mol. The lowest BCUT2D eigenvalue weighted by molar-refractivity contribution is 0.284. The zero-order valence-corrected chi connectivity index (χ0v) is 15.3. The Kier molecular flexibility index (Phi) is 7.25. The molecule has 1 nitrogen and oxygen atoms in total. The number of thioether (sulfide) groups is 1. The zero-order valence-electron chi connectivity index (χ0n) is 14.5. The molecule has 0 saturated heterocycles. The minimum atomic E-state index is 0.879. The van der Waals surface area contributed by atoms with Crippen molar-refractivity contribution in [2.24, 2.45) is 11.8 Å². The minimum Gasteiger partial charge on any atom is -0.312 e. The van der Waals surface area contributed by atoms with Gasteiger partial charge >= 0.3 is 0 Å². The molecule has 2 heteroatoms. The van der Waals surface area contributed by atoms with Gasteiger partial charge in [-0.3, -0.25) is 0 Å². The van der Waals surface area contributed by atoms with Gasteiger partial charge in [0, 0.05) is 12.3 Å². The largest absolute Gasteiger partial charge is 0.312 e. The van der Waals surface area contributed by atoms with E-state index in [1.807, 2.05) is 0 Å². The predicted molar refractivity (Wildman–Crippen MR) is 106 cm³/mol. The van der Waals surface area contributed by atoms with Crippen molar-refractivity contribution in [3.05, 3.63) is 71.8 Å². The van der Waals surface area contributed by atoms with Crippen molar-refractivity contribution in [1.82, 2.24) is 5.32 Å². The first-order valence-corrected chi connectivity index (χ1v) is 10.4. The topological polar surface area (TPSA) is 12.0 Å². The molecule has 0 aliphatic heterocycles. The average molecular weight is 340 g/mol. The standard InChI is InChI=1S/C22H29NS/c1-3-7-19(8-4-1)15-23-16-20-11-13-22(14-12-20)18-24-17-21-9-5-2-6-10-21/h1-10,20,22-23H,11-18H2. The van der Waals surface area contributed by atoms with Crippen LogP contribution in [0.1, 0.15) is 36.8 Å². The Morgan fingerprint density at radius 2 is 1.33 bits per heavy atom. The summed E-state index contributed by atoms with van der Waals surface area (Å²) in [6.45, 7) is 2.19. The molecule has 128 valence electrons. The Balaban J connectivity index is 1.27. The normalized spacial score (nSPS) is 20.8. The summed E-state index contributed by atoms with van der Waals surface area (Å²) in [5.74, 6) is 4.31. The summed E-state index contributed by atoms with van der Waals surface area (Å²) in [5.41, 5.74) is 2.85. The maximum Gasteiger partial charge on any atom is 0.0205 e. The van der Waals surface area contributed by atoms with E-state index in [0.717, 1.165) is 18.4 Å². The van der Waals surface area contributed by atoms with Crippen LogP contribution in [0.4, 0.5) is 0 Å². The maximum atomic E-state index is 3.65. The van der Waals surface area contributed by atoms with Crippen molar-refractivity contribution in [2.75, 3.05) is 12.3 Å². The van der Waals surface area contributed by atoms with E-state index >= 15 is 0 Å². The van der Waals surface area contributed by atoms with Crippen LogP contribution >= 0.6 is 11.8 Å². The Labute approximate surface area is 151 Å². The first-order valence-electron chi connectivity index (χ1n) is 9.26. The lowest BCUT2D eigenvalue weighted by Gasteiger charge is -2.28. The van der Waals surface area contributed by atoms with Crippen molar-refractivity contribution >= 4 is 11.8 Å². The molecule has 0 radical (unpaired) electrons. The van der Waals surface area contributed by atoms with E-state index in [4.69, 9.17) is 0 Å². The summed E-state index contributed by atoms with van der Waals surface area (Å²) >= 11 is 2.11. The second kappa shape index (κ2) is 9.90. The SMILES string of the molecule is c1ccc(CNCC2CCC(CSCc3ccccc3)CC2)cc1. The minimum absolute atomic E-state index is 0.879. The molecular weight excluding hydrogens is 310 g/mol. The maximum absolute atomic E-state index is 3.65. The predicted octanol–water partition coefficient (Wildman–Crippen LogP) is 5.52. The van der Waals surface area contributed by atoms with Gasteiger partial charge < -0.3 is 5.32 Å². The summed E-state index contributed by atoms with van der Waals surface area (Å²) in [6, 6.07) is 21.6. The van der Waals surface area contributed by atoms with Gasteiger partial charge in [0.05, 0.1) is 0 Å². The van der Waals surface area contributed by atoms with Crippen molar-refractivity contribution in [3.63, 3.8) is 0 Å². The molecule has 1 fully saturated rings. The molecule has 2 aromatic rings. The third-order valence-corrected chi connectivity index (χ3v) is 6.28. The second-order valence-electron chi connectivity index (χ2n) is 7.00. The highest BCUT2D eigenvalue weighted by molar-refractivity contribution is 7.98. The Bertz CT molecular complexity index is 508. The third kappa shape index (κ3) is 5.99. The number of nitrogens with one attached hydrogen (secondary N) is 1. The van der Waals surface area contributed by atoms with Crippen molar-refractivity contribution in [1.29, 1.82) is 0 Å². The first kappa shape index (κ1) is 17.6. The van der Waals surface area contributed by atoms with Gasteiger partial charge in [-0.15, -0.1) is 0 Å². The first-order chi connectivity index (χ1) is 11.9. The average Bonchev–Trinajstić information content (AvgIpc) is 2.65. The van der Waals surface area contributed by atoms with Crippen LogP contribution in [0.5, 0.6) is 0 Å². The summed E-state index contributed by atoms with van der Waals surface area (Å²) in [6.07, 6.45) is 5.63. The third-order valence-electron chi connectivity index (χ3n) is 5.04. The Hall–Kier alpha value is -1.25. The van der Waals surface area contributed by atoms with E-state index in [1.165, 1.54) is 54.9 Å². The van der Waals surface area contributed by atoms with Crippen molar-refractivity contribution in [3.8, 4) is 0 Å². The molecule has 1 aliphatic rings. The van der Waals surface area contributed by atoms with Gasteiger partial charge in [0.15, 0.2) is 0 Å². The fourth-order valence-electron chi connectivity index (χ4n) is 3.54. The fourth-order valence-corrected chi connectivity index (χ4v) is 4.75. The molecule has 24 heavy (non-hydrogen) atoms. The van der Waals surface area contributed by atoms with Gasteiger partial charge in [0.1, 0.15) is 0 Å². The highest BCUT2D eigenvalue weighted by atomic mass is 32.2. The van der Waals surface area contributed by atoms with Crippen LogP contribution in [0.25, 0.3) is 0 Å². The molecule has 1 aliphatic carbocycles. The van der Waals surface area contributed by atoms with E-state index in [2.05, 4.69) is 77.7 Å². The molecule has 1 N–H and O–H groups in total. The molecule has 0 heterocycles. The summed E-state index contributed by atoms with van der Waals surface area (Å²) in [7, 11) is 0. The number of hydrogen-bond donors (Lipinski definition) is 1. The van der Waals surface area contributed by atoms with Gasteiger partial charge in [-0.25, -0.2) is 0 Å². The van der Waals surface area contributed by atoms with E-state index in [-0.39, 0.29) is 0 Å². The van der Waals surface area contributed by atoms with Crippen LogP contribution in [-0.4, -0.2) is 12.3 Å². The van der Waals surface area contributed by atoms with Gasteiger partial charge in [-0.1, -0.05) is 60.7 Å². The molecule has 3 rings (SSSR count). The molecule has 0 aromatic heterocycles. The van der Waals surface area contributed by atoms with E-state index in [0.29, 0.717) is 0 Å². The summed E-state index contributed by atoms with van der Waals surface area (Å²) in [5, 5.41) is 3.65. The zero-order chi connectivity index (χ0) is 16.5. The summed E-state index contributed by atoms with van der Waals surface area (Å²) < 4.78 is 0. The molecule has 0 spiro atoms. The van der Waals surface area contributed by atoms with Gasteiger partial charge in [-0.05, 0) is 60.9 Å². The molecule has 2 aromatic carbocycles. The van der Waals surface area contributed by atoms with Crippen molar-refractivity contribution in [2.45, 2.75) is 38.0 Å². The molecule has 0 unspecified atom stereocenters. The van der Waals surface area contributed by atoms with Crippen LogP contribution < -0.4 is 5.32 Å². The number of benzene rings is 2. The highest BCUT2D eigenvalue weighted by Gasteiger charge is 2.20.